The summed E-state index contributed by atoms with van der Waals surface area (Å²) in [6.45, 7) is 0. The molecule has 0 fully saturated rings. The van der Waals surface area contributed by atoms with E-state index in [1.165, 1.54) is 6.21 Å². The Hall–Kier alpha value is -2.70. The number of carbonyl (C=O) groups is 1. The first-order valence-corrected chi connectivity index (χ1v) is 7.63. The summed E-state index contributed by atoms with van der Waals surface area (Å²) in [6.07, 6.45) is 4.79. The number of carbonyl (C=O) groups excluding carboxylic acids is 1. The SMILES string of the molecule is O=C(N/N=C/c1cccnc1)c1cc(-c2ccc(Cl)c(Cl)c2)n[nH]1. The number of aromatic amines is 1. The predicted molar refractivity (Wildman–Crippen MR) is 93.3 cm³/mol. The molecular weight excluding hydrogens is 349 g/mol. The van der Waals surface area contributed by atoms with Gasteiger partial charge in [0.2, 0.25) is 0 Å². The molecule has 2 N–H and O–H groups in total. The number of hydrazone groups is 1. The van der Waals surface area contributed by atoms with Gasteiger partial charge in [-0.2, -0.15) is 10.2 Å². The first-order valence-electron chi connectivity index (χ1n) is 6.88. The van der Waals surface area contributed by atoms with Gasteiger partial charge < -0.3 is 0 Å². The van der Waals surface area contributed by atoms with Crippen LogP contribution in [-0.4, -0.2) is 27.3 Å². The third-order valence-electron chi connectivity index (χ3n) is 3.10. The Kier molecular flexibility index (Phi) is 4.88. The molecule has 6 nitrogen and oxygen atoms in total. The van der Waals surface area contributed by atoms with Gasteiger partial charge in [-0.1, -0.05) is 35.3 Å². The molecule has 1 amide bonds. The zero-order valence-corrected chi connectivity index (χ0v) is 13.7. The Labute approximate surface area is 147 Å². The highest BCUT2D eigenvalue weighted by atomic mass is 35.5. The third-order valence-corrected chi connectivity index (χ3v) is 3.84. The van der Waals surface area contributed by atoms with Crippen LogP contribution >= 0.6 is 23.2 Å². The van der Waals surface area contributed by atoms with Crippen molar-refractivity contribution in [2.45, 2.75) is 0 Å². The first-order chi connectivity index (χ1) is 11.6. The van der Waals surface area contributed by atoms with Gasteiger partial charge in [-0.05, 0) is 24.3 Å². The second-order valence-electron chi connectivity index (χ2n) is 4.78. The lowest BCUT2D eigenvalue weighted by molar-refractivity contribution is 0.0950. The first kappa shape index (κ1) is 16.2. The maximum absolute atomic E-state index is 12.0. The summed E-state index contributed by atoms with van der Waals surface area (Å²) in [4.78, 5) is 16.0. The minimum Gasteiger partial charge on any atom is -0.272 e. The Morgan fingerprint density at radius 1 is 1.21 bits per heavy atom. The third kappa shape index (κ3) is 3.79. The van der Waals surface area contributed by atoms with Crippen LogP contribution < -0.4 is 5.43 Å². The molecule has 1 aromatic carbocycles. The zero-order chi connectivity index (χ0) is 16.9. The van der Waals surface area contributed by atoms with E-state index in [9.17, 15) is 4.79 Å². The topological polar surface area (TPSA) is 83.0 Å². The van der Waals surface area contributed by atoms with Crippen LogP contribution in [-0.2, 0) is 0 Å². The summed E-state index contributed by atoms with van der Waals surface area (Å²) in [6, 6.07) is 10.3. The average Bonchev–Trinajstić information content (AvgIpc) is 3.08. The smallest absolute Gasteiger partial charge is 0.272 e. The number of H-pyrrole nitrogens is 1. The van der Waals surface area contributed by atoms with E-state index in [0.29, 0.717) is 15.7 Å². The van der Waals surface area contributed by atoms with Crippen LogP contribution in [0.25, 0.3) is 11.3 Å². The van der Waals surface area contributed by atoms with Crippen LogP contribution in [0, 0.1) is 0 Å². The van der Waals surface area contributed by atoms with Crippen molar-refractivity contribution in [1.82, 2.24) is 20.6 Å². The van der Waals surface area contributed by atoms with Crippen molar-refractivity contribution in [3.63, 3.8) is 0 Å². The van der Waals surface area contributed by atoms with Crippen molar-refractivity contribution in [1.29, 1.82) is 0 Å². The summed E-state index contributed by atoms with van der Waals surface area (Å²) >= 11 is 11.9. The number of amides is 1. The number of pyridine rings is 1. The second kappa shape index (κ2) is 7.25. The van der Waals surface area contributed by atoms with E-state index >= 15 is 0 Å². The molecule has 3 aromatic rings. The van der Waals surface area contributed by atoms with E-state index in [2.05, 4.69) is 25.7 Å². The minimum absolute atomic E-state index is 0.277. The Morgan fingerprint density at radius 3 is 2.83 bits per heavy atom. The molecule has 2 aromatic heterocycles. The van der Waals surface area contributed by atoms with Crippen LogP contribution in [0.15, 0.2) is 53.9 Å². The van der Waals surface area contributed by atoms with E-state index in [1.807, 2.05) is 6.07 Å². The molecule has 8 heteroatoms. The number of rotatable bonds is 4. The normalized spacial score (nSPS) is 10.9. The molecule has 0 radical (unpaired) electrons. The minimum atomic E-state index is -0.408. The van der Waals surface area contributed by atoms with Gasteiger partial charge in [-0.15, -0.1) is 0 Å². The molecular formula is C16H11Cl2N5O. The van der Waals surface area contributed by atoms with Crippen LogP contribution in [0.2, 0.25) is 10.0 Å². The summed E-state index contributed by atoms with van der Waals surface area (Å²) in [5.41, 5.74) is 4.80. The molecule has 24 heavy (non-hydrogen) atoms. The number of aromatic nitrogens is 3. The fourth-order valence-corrected chi connectivity index (χ4v) is 2.22. The lowest BCUT2D eigenvalue weighted by Gasteiger charge is -1.98. The molecule has 0 aliphatic rings. The van der Waals surface area contributed by atoms with E-state index in [4.69, 9.17) is 23.2 Å². The van der Waals surface area contributed by atoms with Gasteiger partial charge >= 0.3 is 0 Å². The van der Waals surface area contributed by atoms with Crippen molar-refractivity contribution in [2.75, 3.05) is 0 Å². The van der Waals surface area contributed by atoms with Crippen molar-refractivity contribution in [3.8, 4) is 11.3 Å². The van der Waals surface area contributed by atoms with Crippen LogP contribution in [0.1, 0.15) is 16.1 Å². The molecule has 0 saturated heterocycles. The molecule has 2 heterocycles. The van der Waals surface area contributed by atoms with E-state index in [1.54, 1.807) is 42.7 Å². The highest BCUT2D eigenvalue weighted by Crippen LogP contribution is 2.27. The maximum Gasteiger partial charge on any atom is 0.289 e. The fraction of sp³-hybridized carbons (Fsp3) is 0. The van der Waals surface area contributed by atoms with Gasteiger partial charge in [0.05, 0.1) is 22.0 Å². The lowest BCUT2D eigenvalue weighted by Crippen LogP contribution is -2.18. The number of hydrogen-bond acceptors (Lipinski definition) is 4. The largest absolute Gasteiger partial charge is 0.289 e. The van der Waals surface area contributed by atoms with Gasteiger partial charge in [0, 0.05) is 23.5 Å². The van der Waals surface area contributed by atoms with Gasteiger partial charge in [-0.25, -0.2) is 5.43 Å². The van der Waals surface area contributed by atoms with E-state index < -0.39 is 5.91 Å². The Balaban J connectivity index is 1.69. The highest BCUT2D eigenvalue weighted by Gasteiger charge is 2.11. The van der Waals surface area contributed by atoms with Crippen LogP contribution in [0.4, 0.5) is 0 Å². The van der Waals surface area contributed by atoms with Crippen molar-refractivity contribution in [3.05, 3.63) is 70.1 Å². The van der Waals surface area contributed by atoms with Gasteiger partial charge in [0.25, 0.3) is 5.91 Å². The number of halogens is 2. The second-order valence-corrected chi connectivity index (χ2v) is 5.60. The van der Waals surface area contributed by atoms with Gasteiger partial charge in [0.1, 0.15) is 5.69 Å². The van der Waals surface area contributed by atoms with Crippen LogP contribution in [0.3, 0.4) is 0 Å². The van der Waals surface area contributed by atoms with Crippen molar-refractivity contribution < 1.29 is 4.79 Å². The molecule has 0 aliphatic heterocycles. The molecule has 120 valence electrons. The number of benzene rings is 1. The molecule has 0 saturated carbocycles. The predicted octanol–water partition coefficient (Wildman–Crippen LogP) is 3.54. The average molecular weight is 360 g/mol. The van der Waals surface area contributed by atoms with Gasteiger partial charge in [-0.3, -0.25) is 14.9 Å². The molecule has 0 spiro atoms. The number of hydrogen-bond donors (Lipinski definition) is 2. The molecule has 0 aliphatic carbocycles. The Bertz CT molecular complexity index is 892. The monoisotopic (exact) mass is 359 g/mol. The van der Waals surface area contributed by atoms with Crippen molar-refractivity contribution in [2.24, 2.45) is 5.10 Å². The molecule has 0 atom stereocenters. The highest BCUT2D eigenvalue weighted by molar-refractivity contribution is 6.42. The fourth-order valence-electron chi connectivity index (χ4n) is 1.92. The van der Waals surface area contributed by atoms with Crippen molar-refractivity contribution >= 4 is 35.3 Å². The quantitative estimate of drug-likeness (QED) is 0.551. The van der Waals surface area contributed by atoms with E-state index in [-0.39, 0.29) is 5.69 Å². The maximum atomic E-state index is 12.0. The zero-order valence-electron chi connectivity index (χ0n) is 12.2. The van der Waals surface area contributed by atoms with Gasteiger partial charge in [0.15, 0.2) is 0 Å². The van der Waals surface area contributed by atoms with E-state index in [0.717, 1.165) is 11.1 Å². The number of nitrogens with zero attached hydrogens (tertiary/aromatic N) is 3. The molecule has 3 rings (SSSR count). The summed E-state index contributed by atoms with van der Waals surface area (Å²) in [7, 11) is 0. The summed E-state index contributed by atoms with van der Waals surface area (Å²) in [5.74, 6) is -0.408. The summed E-state index contributed by atoms with van der Waals surface area (Å²) < 4.78 is 0. The van der Waals surface area contributed by atoms with Crippen LogP contribution in [0.5, 0.6) is 0 Å². The molecule has 0 unspecified atom stereocenters. The standard InChI is InChI=1S/C16H11Cl2N5O/c17-12-4-3-11(6-13(12)18)14-7-15(22-21-14)16(24)23-20-9-10-2-1-5-19-8-10/h1-9H,(H,21,22)(H,23,24)/b20-9+. The molecule has 0 bridgehead atoms. The summed E-state index contributed by atoms with van der Waals surface area (Å²) in [5, 5.41) is 11.5. The Morgan fingerprint density at radius 2 is 2.08 bits per heavy atom. The number of nitrogens with one attached hydrogen (secondary N) is 2. The lowest BCUT2D eigenvalue weighted by atomic mass is 10.1.